The van der Waals surface area contributed by atoms with Gasteiger partial charge in [-0.05, 0) is 34.6 Å². The maximum atomic E-state index is 11.5. The predicted octanol–water partition coefficient (Wildman–Crippen LogP) is 2.02. The molecule has 0 N–H and O–H groups in total. The zero-order valence-corrected chi connectivity index (χ0v) is 11.2. The van der Waals surface area contributed by atoms with Crippen LogP contribution in [-0.4, -0.2) is 38.5 Å². The van der Waals surface area contributed by atoms with Crippen molar-refractivity contribution in [2.45, 2.75) is 46.8 Å². The summed E-state index contributed by atoms with van der Waals surface area (Å²) in [5, 5.41) is 0. The van der Waals surface area contributed by atoms with E-state index in [9.17, 15) is 4.79 Å². The molecule has 0 spiro atoms. The molecule has 0 aliphatic heterocycles. The number of methoxy groups -OCH3 is 1. The monoisotopic (exact) mass is 232 g/mol. The summed E-state index contributed by atoms with van der Waals surface area (Å²) < 4.78 is 15.6. The minimum Gasteiger partial charge on any atom is -0.460 e. The highest BCUT2D eigenvalue weighted by Gasteiger charge is 2.25. The molecule has 96 valence electrons. The van der Waals surface area contributed by atoms with E-state index in [0.29, 0.717) is 13.2 Å². The molecule has 0 aliphatic rings. The molecule has 0 radical (unpaired) electrons. The summed E-state index contributed by atoms with van der Waals surface area (Å²) >= 11 is 0. The van der Waals surface area contributed by atoms with Crippen LogP contribution >= 0.6 is 0 Å². The molecule has 0 saturated heterocycles. The van der Waals surface area contributed by atoms with Crippen LogP contribution in [0.3, 0.4) is 0 Å². The molecular weight excluding hydrogens is 208 g/mol. The average Bonchev–Trinajstić information content (AvgIpc) is 2.13. The van der Waals surface area contributed by atoms with E-state index in [1.54, 1.807) is 7.11 Å². The van der Waals surface area contributed by atoms with Gasteiger partial charge in [0.25, 0.3) is 0 Å². The Kier molecular flexibility index (Phi) is 6.60. The summed E-state index contributed by atoms with van der Waals surface area (Å²) in [4.78, 5) is 11.5. The van der Waals surface area contributed by atoms with Gasteiger partial charge >= 0.3 is 5.97 Å². The third-order valence-electron chi connectivity index (χ3n) is 1.94. The molecule has 2 atom stereocenters. The summed E-state index contributed by atoms with van der Waals surface area (Å²) in [6.07, 6.45) is -0.216. The molecule has 0 heterocycles. The van der Waals surface area contributed by atoms with Crippen LogP contribution in [0.5, 0.6) is 0 Å². The molecule has 4 heteroatoms. The highest BCUT2D eigenvalue weighted by molar-refractivity contribution is 5.75. The van der Waals surface area contributed by atoms with Gasteiger partial charge in [-0.1, -0.05) is 0 Å². The van der Waals surface area contributed by atoms with Crippen LogP contribution in [0, 0.1) is 5.41 Å². The first-order valence-corrected chi connectivity index (χ1v) is 5.59. The average molecular weight is 232 g/mol. The Labute approximate surface area is 98.3 Å². The van der Waals surface area contributed by atoms with Gasteiger partial charge < -0.3 is 14.2 Å². The van der Waals surface area contributed by atoms with Crippen molar-refractivity contribution in [1.82, 2.24) is 0 Å². The van der Waals surface area contributed by atoms with Crippen molar-refractivity contribution in [1.29, 1.82) is 0 Å². The van der Waals surface area contributed by atoms with E-state index in [-0.39, 0.29) is 18.2 Å². The summed E-state index contributed by atoms with van der Waals surface area (Å²) in [7, 11) is 1.63. The van der Waals surface area contributed by atoms with Crippen molar-refractivity contribution in [3.63, 3.8) is 0 Å². The molecule has 0 bridgehead atoms. The lowest BCUT2D eigenvalue weighted by atomic mass is 9.97. The lowest BCUT2D eigenvalue weighted by molar-refractivity contribution is -0.161. The van der Waals surface area contributed by atoms with Crippen LogP contribution < -0.4 is 0 Å². The van der Waals surface area contributed by atoms with Crippen molar-refractivity contribution in [3.8, 4) is 0 Å². The van der Waals surface area contributed by atoms with Crippen LogP contribution in [0.4, 0.5) is 0 Å². The van der Waals surface area contributed by atoms with E-state index >= 15 is 0 Å². The Morgan fingerprint density at radius 1 is 1.12 bits per heavy atom. The normalized spacial score (nSPS) is 15.6. The highest BCUT2D eigenvalue weighted by atomic mass is 16.6. The molecule has 0 saturated carbocycles. The van der Waals surface area contributed by atoms with Gasteiger partial charge in [0.2, 0.25) is 0 Å². The van der Waals surface area contributed by atoms with Crippen LogP contribution in [0.1, 0.15) is 34.6 Å². The van der Waals surface area contributed by atoms with Gasteiger partial charge in [-0.3, -0.25) is 4.79 Å². The van der Waals surface area contributed by atoms with Gasteiger partial charge in [-0.15, -0.1) is 0 Å². The van der Waals surface area contributed by atoms with E-state index in [1.165, 1.54) is 0 Å². The van der Waals surface area contributed by atoms with Gasteiger partial charge in [0.1, 0.15) is 6.10 Å². The first-order chi connectivity index (χ1) is 7.27. The molecule has 0 rings (SSSR count). The van der Waals surface area contributed by atoms with Gasteiger partial charge in [-0.2, -0.15) is 0 Å². The second-order valence-electron chi connectivity index (χ2n) is 5.07. The lowest BCUT2D eigenvalue weighted by Gasteiger charge is -2.22. The number of hydrogen-bond donors (Lipinski definition) is 0. The van der Waals surface area contributed by atoms with Crippen LogP contribution in [0.15, 0.2) is 0 Å². The summed E-state index contributed by atoms with van der Waals surface area (Å²) in [6, 6.07) is 0. The first-order valence-electron chi connectivity index (χ1n) is 5.59. The molecular formula is C12H24O4. The largest absolute Gasteiger partial charge is 0.460 e. The van der Waals surface area contributed by atoms with E-state index in [1.807, 2.05) is 34.6 Å². The SMILES string of the molecule is COCC(C)OCC(C)OC(=O)C(C)(C)C. The summed E-state index contributed by atoms with van der Waals surface area (Å²) in [6.45, 7) is 10.2. The zero-order chi connectivity index (χ0) is 12.8. The van der Waals surface area contributed by atoms with Gasteiger partial charge in [0.05, 0.1) is 24.7 Å². The van der Waals surface area contributed by atoms with Gasteiger partial charge in [0, 0.05) is 7.11 Å². The quantitative estimate of drug-likeness (QED) is 0.657. The standard InChI is InChI=1S/C12H24O4/c1-9(7-14-6)15-8-10(2)16-11(13)12(3,4)5/h9-10H,7-8H2,1-6H3. The highest BCUT2D eigenvalue weighted by Crippen LogP contribution is 2.16. The molecule has 4 nitrogen and oxygen atoms in total. The Morgan fingerprint density at radius 3 is 2.12 bits per heavy atom. The second kappa shape index (κ2) is 6.86. The maximum Gasteiger partial charge on any atom is 0.311 e. The molecule has 0 aliphatic carbocycles. The smallest absolute Gasteiger partial charge is 0.311 e. The first kappa shape index (κ1) is 15.4. The minimum absolute atomic E-state index is 0.0146. The third-order valence-corrected chi connectivity index (χ3v) is 1.94. The molecule has 2 unspecified atom stereocenters. The number of ether oxygens (including phenoxy) is 3. The van der Waals surface area contributed by atoms with Gasteiger partial charge in [-0.25, -0.2) is 0 Å². The number of carbonyl (C=O) groups is 1. The molecule has 16 heavy (non-hydrogen) atoms. The van der Waals surface area contributed by atoms with Crippen molar-refractivity contribution in [2.75, 3.05) is 20.3 Å². The Hall–Kier alpha value is -0.610. The topological polar surface area (TPSA) is 44.8 Å². The van der Waals surface area contributed by atoms with Crippen molar-refractivity contribution in [2.24, 2.45) is 5.41 Å². The third kappa shape index (κ3) is 6.80. The van der Waals surface area contributed by atoms with E-state index in [4.69, 9.17) is 14.2 Å². The maximum absolute atomic E-state index is 11.5. The van der Waals surface area contributed by atoms with Crippen molar-refractivity contribution >= 4 is 5.97 Å². The fourth-order valence-corrected chi connectivity index (χ4v) is 0.976. The summed E-state index contributed by atoms with van der Waals surface area (Å²) in [5.74, 6) is -0.206. The number of rotatable bonds is 6. The molecule has 0 amide bonds. The lowest BCUT2D eigenvalue weighted by Crippen LogP contribution is -2.30. The van der Waals surface area contributed by atoms with Gasteiger partial charge in [0.15, 0.2) is 0 Å². The Bertz CT molecular complexity index is 208. The molecule has 0 aromatic rings. The molecule has 0 fully saturated rings. The Balaban J connectivity index is 3.83. The minimum atomic E-state index is -0.466. The molecule has 0 aromatic heterocycles. The van der Waals surface area contributed by atoms with E-state index < -0.39 is 5.41 Å². The van der Waals surface area contributed by atoms with Crippen LogP contribution in [0.2, 0.25) is 0 Å². The number of hydrogen-bond acceptors (Lipinski definition) is 4. The van der Waals surface area contributed by atoms with Crippen LogP contribution in [0.25, 0.3) is 0 Å². The predicted molar refractivity (Wildman–Crippen MR) is 62.3 cm³/mol. The molecule has 0 aromatic carbocycles. The fraction of sp³-hybridized carbons (Fsp3) is 0.917. The van der Waals surface area contributed by atoms with E-state index in [0.717, 1.165) is 0 Å². The number of esters is 1. The summed E-state index contributed by atoms with van der Waals surface area (Å²) in [5.41, 5.74) is -0.466. The van der Waals surface area contributed by atoms with Crippen molar-refractivity contribution in [3.05, 3.63) is 0 Å². The van der Waals surface area contributed by atoms with Crippen LogP contribution in [-0.2, 0) is 19.0 Å². The number of carbonyl (C=O) groups excluding carboxylic acids is 1. The zero-order valence-electron chi connectivity index (χ0n) is 11.2. The second-order valence-corrected chi connectivity index (χ2v) is 5.07. The fourth-order valence-electron chi connectivity index (χ4n) is 0.976. The van der Waals surface area contributed by atoms with Crippen molar-refractivity contribution < 1.29 is 19.0 Å². The Morgan fingerprint density at radius 2 is 1.69 bits per heavy atom. The van der Waals surface area contributed by atoms with E-state index in [2.05, 4.69) is 0 Å².